The molecule has 0 aromatic carbocycles. The summed E-state index contributed by atoms with van der Waals surface area (Å²) in [5.74, 6) is 0.225. The second kappa shape index (κ2) is 8.32. The number of carbonyl (C=O) groups excluding carboxylic acids is 2. The van der Waals surface area contributed by atoms with E-state index in [4.69, 9.17) is 9.47 Å². The van der Waals surface area contributed by atoms with Crippen LogP contribution in [0.15, 0.2) is 12.2 Å². The molecule has 0 aliphatic heterocycles. The Morgan fingerprint density at radius 3 is 2.24 bits per heavy atom. The van der Waals surface area contributed by atoms with Crippen LogP contribution in [0, 0.1) is 0 Å². The third-order valence-corrected chi connectivity index (χ3v) is 3.27. The van der Waals surface area contributed by atoms with E-state index < -0.39 is 23.2 Å². The molecule has 0 fully saturated rings. The second-order valence-electron chi connectivity index (χ2n) is 6.08. The number of carbonyl (C=O) groups is 2. The zero-order chi connectivity index (χ0) is 16.7. The van der Waals surface area contributed by atoms with Gasteiger partial charge in [0.15, 0.2) is 0 Å². The van der Waals surface area contributed by atoms with Crippen molar-refractivity contribution in [3.8, 4) is 0 Å². The Labute approximate surface area is 131 Å². The number of hydrogen-bond donors (Lipinski definition) is 1. The first-order valence-corrected chi connectivity index (χ1v) is 8.18. The van der Waals surface area contributed by atoms with Gasteiger partial charge in [0.2, 0.25) is 0 Å². The van der Waals surface area contributed by atoms with Gasteiger partial charge in [-0.2, -0.15) is 11.8 Å². The van der Waals surface area contributed by atoms with Crippen LogP contribution < -0.4 is 5.32 Å². The fourth-order valence-electron chi connectivity index (χ4n) is 1.91. The van der Waals surface area contributed by atoms with Gasteiger partial charge < -0.3 is 14.8 Å². The number of esters is 1. The zero-order valence-corrected chi connectivity index (χ0v) is 14.7. The molecule has 0 aliphatic carbocycles. The highest BCUT2D eigenvalue weighted by Gasteiger charge is 2.41. The number of methoxy groups -OCH3 is 1. The van der Waals surface area contributed by atoms with Crippen LogP contribution in [0.4, 0.5) is 4.79 Å². The van der Waals surface area contributed by atoms with E-state index in [9.17, 15) is 9.59 Å². The lowest BCUT2D eigenvalue weighted by Crippen LogP contribution is -2.56. The van der Waals surface area contributed by atoms with Gasteiger partial charge >= 0.3 is 12.1 Å². The first-order chi connectivity index (χ1) is 9.56. The molecule has 0 bridgehead atoms. The molecular formula is C15H27NO4S. The lowest BCUT2D eigenvalue weighted by atomic mass is 9.89. The van der Waals surface area contributed by atoms with Crippen LogP contribution in [0.1, 0.15) is 40.5 Å². The molecule has 6 heteroatoms. The predicted octanol–water partition coefficient (Wildman–Crippen LogP) is 3.14. The Balaban J connectivity index is 5.28. The van der Waals surface area contributed by atoms with E-state index >= 15 is 0 Å². The molecule has 0 aliphatic rings. The van der Waals surface area contributed by atoms with Gasteiger partial charge in [-0.05, 0) is 46.1 Å². The summed E-state index contributed by atoms with van der Waals surface area (Å²) < 4.78 is 10.1. The van der Waals surface area contributed by atoms with Crippen LogP contribution in [0.25, 0.3) is 0 Å². The molecule has 21 heavy (non-hydrogen) atoms. The van der Waals surface area contributed by atoms with Gasteiger partial charge in [-0.1, -0.05) is 5.57 Å². The maximum absolute atomic E-state index is 12.2. The molecule has 1 amide bonds. The SMILES string of the molecule is C=C(C)CC(CCSC)(NC(=O)OC(C)(C)C)C(=O)OC. The molecular weight excluding hydrogens is 290 g/mol. The molecule has 0 radical (unpaired) electrons. The van der Waals surface area contributed by atoms with Crippen LogP contribution in [-0.4, -0.2) is 42.3 Å². The summed E-state index contributed by atoms with van der Waals surface area (Å²) in [6.07, 6.45) is 2.08. The molecule has 1 unspecified atom stereocenters. The highest BCUT2D eigenvalue weighted by Crippen LogP contribution is 2.24. The lowest BCUT2D eigenvalue weighted by molar-refractivity contribution is -0.148. The Hall–Kier alpha value is -1.17. The van der Waals surface area contributed by atoms with E-state index in [1.165, 1.54) is 7.11 Å². The van der Waals surface area contributed by atoms with Gasteiger partial charge in [-0.25, -0.2) is 9.59 Å². The van der Waals surface area contributed by atoms with E-state index in [1.54, 1.807) is 32.5 Å². The van der Waals surface area contributed by atoms with Crippen molar-refractivity contribution in [2.24, 2.45) is 0 Å². The molecule has 1 atom stereocenters. The number of ether oxygens (including phenoxy) is 2. The number of alkyl carbamates (subject to hydrolysis) is 1. The summed E-state index contributed by atoms with van der Waals surface area (Å²) in [4.78, 5) is 24.3. The lowest BCUT2D eigenvalue weighted by Gasteiger charge is -2.33. The molecule has 5 nitrogen and oxygen atoms in total. The van der Waals surface area contributed by atoms with Crippen molar-refractivity contribution in [3.63, 3.8) is 0 Å². The van der Waals surface area contributed by atoms with E-state index in [0.717, 1.165) is 5.57 Å². The van der Waals surface area contributed by atoms with Gasteiger partial charge in [-0.15, -0.1) is 6.58 Å². The van der Waals surface area contributed by atoms with Crippen molar-refractivity contribution in [2.45, 2.75) is 51.7 Å². The Kier molecular flexibility index (Phi) is 7.85. The third kappa shape index (κ3) is 7.41. The quantitative estimate of drug-likeness (QED) is 0.577. The first-order valence-electron chi connectivity index (χ1n) is 6.79. The highest BCUT2D eigenvalue weighted by atomic mass is 32.2. The average Bonchev–Trinajstić information content (AvgIpc) is 2.31. The smallest absolute Gasteiger partial charge is 0.408 e. The first kappa shape index (κ1) is 19.8. The van der Waals surface area contributed by atoms with Crippen molar-refractivity contribution < 1.29 is 19.1 Å². The predicted molar refractivity (Wildman–Crippen MR) is 86.5 cm³/mol. The Morgan fingerprint density at radius 1 is 1.29 bits per heavy atom. The fourth-order valence-corrected chi connectivity index (χ4v) is 2.46. The molecule has 0 saturated carbocycles. The summed E-state index contributed by atoms with van der Waals surface area (Å²) in [7, 11) is 1.31. The molecule has 0 rings (SSSR count). The standard InChI is InChI=1S/C15H27NO4S/c1-11(2)10-15(8-9-21-7,12(17)19-6)16-13(18)20-14(3,4)5/h1,8-10H2,2-7H3,(H,16,18). The number of rotatable bonds is 7. The van der Waals surface area contributed by atoms with E-state index in [2.05, 4.69) is 11.9 Å². The van der Waals surface area contributed by atoms with E-state index in [0.29, 0.717) is 18.6 Å². The van der Waals surface area contributed by atoms with Crippen LogP contribution in [0.3, 0.4) is 0 Å². The molecule has 0 aromatic rings. The monoisotopic (exact) mass is 317 g/mol. The van der Waals surface area contributed by atoms with Crippen molar-refractivity contribution in [1.82, 2.24) is 5.32 Å². The van der Waals surface area contributed by atoms with Crippen LogP contribution in [0.5, 0.6) is 0 Å². The molecule has 122 valence electrons. The van der Waals surface area contributed by atoms with Crippen molar-refractivity contribution in [1.29, 1.82) is 0 Å². The van der Waals surface area contributed by atoms with Crippen molar-refractivity contribution >= 4 is 23.8 Å². The zero-order valence-electron chi connectivity index (χ0n) is 13.9. The van der Waals surface area contributed by atoms with Gasteiger partial charge in [0.05, 0.1) is 7.11 Å². The minimum atomic E-state index is -1.13. The summed E-state index contributed by atoms with van der Waals surface area (Å²) in [6.45, 7) is 11.0. The largest absolute Gasteiger partial charge is 0.467 e. The molecule has 0 saturated heterocycles. The van der Waals surface area contributed by atoms with Crippen LogP contribution in [0.2, 0.25) is 0 Å². The minimum Gasteiger partial charge on any atom is -0.467 e. The maximum atomic E-state index is 12.2. The topological polar surface area (TPSA) is 64.6 Å². The fraction of sp³-hybridized carbons (Fsp3) is 0.733. The summed E-state index contributed by atoms with van der Waals surface area (Å²) >= 11 is 1.59. The summed E-state index contributed by atoms with van der Waals surface area (Å²) in [5.41, 5.74) is -0.974. The highest BCUT2D eigenvalue weighted by molar-refractivity contribution is 7.98. The summed E-state index contributed by atoms with van der Waals surface area (Å²) in [5, 5.41) is 2.69. The van der Waals surface area contributed by atoms with Gasteiger partial charge in [0, 0.05) is 6.42 Å². The van der Waals surface area contributed by atoms with Gasteiger partial charge in [0.25, 0.3) is 0 Å². The Morgan fingerprint density at radius 2 is 1.86 bits per heavy atom. The minimum absolute atomic E-state index is 0.319. The number of nitrogens with one attached hydrogen (secondary N) is 1. The van der Waals surface area contributed by atoms with Gasteiger partial charge in [0.1, 0.15) is 11.1 Å². The Bertz CT molecular complexity index is 390. The number of thioether (sulfide) groups is 1. The number of hydrogen-bond acceptors (Lipinski definition) is 5. The molecule has 0 aromatic heterocycles. The van der Waals surface area contributed by atoms with Gasteiger partial charge in [-0.3, -0.25) is 0 Å². The molecule has 0 heterocycles. The number of amides is 1. The van der Waals surface area contributed by atoms with E-state index in [1.807, 2.05) is 13.2 Å². The molecule has 1 N–H and O–H groups in total. The average molecular weight is 317 g/mol. The van der Waals surface area contributed by atoms with Crippen LogP contribution in [-0.2, 0) is 14.3 Å². The van der Waals surface area contributed by atoms with E-state index in [-0.39, 0.29) is 0 Å². The third-order valence-electron chi connectivity index (χ3n) is 2.65. The molecule has 0 spiro atoms. The second-order valence-corrected chi connectivity index (χ2v) is 7.06. The summed E-state index contributed by atoms with van der Waals surface area (Å²) in [6, 6.07) is 0. The maximum Gasteiger partial charge on any atom is 0.408 e. The van der Waals surface area contributed by atoms with Crippen molar-refractivity contribution in [3.05, 3.63) is 12.2 Å². The normalized spacial score (nSPS) is 14.0. The van der Waals surface area contributed by atoms with Crippen LogP contribution >= 0.6 is 11.8 Å². The van der Waals surface area contributed by atoms with Crippen molar-refractivity contribution in [2.75, 3.05) is 19.1 Å².